The maximum absolute atomic E-state index is 12.2. The monoisotopic (exact) mass is 339 g/mol. The minimum Gasteiger partial charge on any atom is -0.333 e. The quantitative estimate of drug-likeness (QED) is 0.836. The molecule has 1 fully saturated rings. The molecule has 1 atom stereocenters. The first-order valence-electron chi connectivity index (χ1n) is 6.63. The fourth-order valence-corrected chi connectivity index (χ4v) is 2.86. The fourth-order valence-electron chi connectivity index (χ4n) is 2.45. The lowest BCUT2D eigenvalue weighted by molar-refractivity contribution is -0.157. The molecule has 20 heavy (non-hydrogen) atoms. The van der Waals surface area contributed by atoms with Crippen molar-refractivity contribution < 1.29 is 9.59 Å². The number of nitrogens with two attached hydrogens (primary N) is 1. The van der Waals surface area contributed by atoms with Crippen LogP contribution in [0.4, 0.5) is 0 Å². The summed E-state index contributed by atoms with van der Waals surface area (Å²) in [6, 6.07) is 7.41. The lowest BCUT2D eigenvalue weighted by Gasteiger charge is -2.37. The van der Waals surface area contributed by atoms with Crippen LogP contribution in [0.15, 0.2) is 28.7 Å². The first-order chi connectivity index (χ1) is 9.58. The van der Waals surface area contributed by atoms with Crippen LogP contribution in [0, 0.1) is 0 Å². The number of piperazine rings is 1. The third-order valence-electron chi connectivity index (χ3n) is 3.56. The van der Waals surface area contributed by atoms with Gasteiger partial charge in [0.25, 0.3) is 0 Å². The molecule has 0 radical (unpaired) electrons. The number of hydrogen-bond acceptors (Lipinski definition) is 3. The Kier molecular flexibility index (Phi) is 4.77. The normalized spacial score (nSPS) is 17.6. The van der Waals surface area contributed by atoms with Gasteiger partial charge in [0.2, 0.25) is 0 Å². The van der Waals surface area contributed by atoms with Crippen LogP contribution in [0.1, 0.15) is 18.5 Å². The summed E-state index contributed by atoms with van der Waals surface area (Å²) in [5, 5.41) is 0. The molecule has 0 aromatic heterocycles. The summed E-state index contributed by atoms with van der Waals surface area (Å²) in [5.74, 6) is -0.902. The van der Waals surface area contributed by atoms with Crippen molar-refractivity contribution in [3.8, 4) is 0 Å². The van der Waals surface area contributed by atoms with E-state index in [2.05, 4.69) is 15.9 Å². The van der Waals surface area contributed by atoms with Gasteiger partial charge in [-0.2, -0.15) is 0 Å². The highest BCUT2D eigenvalue weighted by Crippen LogP contribution is 2.24. The summed E-state index contributed by atoms with van der Waals surface area (Å²) in [6.45, 7) is 3.80. The number of nitrogens with zero attached hydrogens (tertiary/aromatic N) is 2. The van der Waals surface area contributed by atoms with Crippen LogP contribution in [0.25, 0.3) is 0 Å². The molecule has 1 aromatic carbocycles. The van der Waals surface area contributed by atoms with Crippen LogP contribution < -0.4 is 5.73 Å². The predicted molar refractivity (Wildman–Crippen MR) is 79.9 cm³/mol. The van der Waals surface area contributed by atoms with Crippen molar-refractivity contribution in [2.24, 2.45) is 5.73 Å². The van der Waals surface area contributed by atoms with Crippen molar-refractivity contribution in [2.75, 3.05) is 26.2 Å². The zero-order valence-electron chi connectivity index (χ0n) is 11.4. The number of hydrogen-bond donors (Lipinski definition) is 1. The summed E-state index contributed by atoms with van der Waals surface area (Å²) in [4.78, 5) is 27.3. The van der Waals surface area contributed by atoms with Gasteiger partial charge in [-0.3, -0.25) is 9.59 Å². The number of halogens is 1. The minimum atomic E-state index is -0.464. The van der Waals surface area contributed by atoms with E-state index in [0.29, 0.717) is 26.2 Å². The topological polar surface area (TPSA) is 66.6 Å². The number of likely N-dealkylation sites (N-methyl/N-ethyl adjacent to an activating group) is 1. The van der Waals surface area contributed by atoms with E-state index in [1.807, 2.05) is 31.2 Å². The number of carbonyl (C=O) groups is 2. The van der Waals surface area contributed by atoms with Gasteiger partial charge in [0.05, 0.1) is 6.04 Å². The Morgan fingerprint density at radius 1 is 1.30 bits per heavy atom. The number of amides is 2. The van der Waals surface area contributed by atoms with Gasteiger partial charge >= 0.3 is 11.8 Å². The molecule has 1 aliphatic heterocycles. The van der Waals surface area contributed by atoms with E-state index < -0.39 is 11.8 Å². The molecule has 1 unspecified atom stereocenters. The average molecular weight is 340 g/mol. The van der Waals surface area contributed by atoms with E-state index in [1.165, 1.54) is 0 Å². The molecule has 108 valence electrons. The van der Waals surface area contributed by atoms with Gasteiger partial charge in [0.1, 0.15) is 0 Å². The van der Waals surface area contributed by atoms with Crippen LogP contribution in [-0.4, -0.2) is 47.8 Å². The summed E-state index contributed by atoms with van der Waals surface area (Å²) >= 11 is 3.41. The molecule has 1 heterocycles. The van der Waals surface area contributed by atoms with Gasteiger partial charge in [-0.05, 0) is 24.6 Å². The molecular formula is C14H18BrN3O2. The van der Waals surface area contributed by atoms with Crippen molar-refractivity contribution in [1.29, 1.82) is 0 Å². The van der Waals surface area contributed by atoms with Gasteiger partial charge in [0.15, 0.2) is 0 Å². The molecule has 0 bridgehead atoms. The highest BCUT2D eigenvalue weighted by molar-refractivity contribution is 9.10. The van der Waals surface area contributed by atoms with Crippen LogP contribution in [0.2, 0.25) is 0 Å². The molecular weight excluding hydrogens is 322 g/mol. The van der Waals surface area contributed by atoms with Crippen molar-refractivity contribution in [1.82, 2.24) is 9.80 Å². The molecule has 1 aromatic rings. The minimum absolute atomic E-state index is 0.261. The second-order valence-electron chi connectivity index (χ2n) is 4.69. The molecule has 5 nitrogen and oxygen atoms in total. The Morgan fingerprint density at radius 2 is 2.05 bits per heavy atom. The second kappa shape index (κ2) is 6.37. The van der Waals surface area contributed by atoms with Crippen LogP contribution >= 0.6 is 15.9 Å². The number of carbonyl (C=O) groups excluding carboxylic acids is 2. The Labute approximate surface area is 126 Å². The summed E-state index contributed by atoms with van der Waals surface area (Å²) in [5.41, 5.74) is 6.76. The van der Waals surface area contributed by atoms with Crippen molar-refractivity contribution in [3.05, 3.63) is 34.3 Å². The van der Waals surface area contributed by atoms with E-state index in [9.17, 15) is 9.59 Å². The van der Waals surface area contributed by atoms with Gasteiger partial charge in [-0.1, -0.05) is 28.1 Å². The molecule has 6 heteroatoms. The molecule has 2 amide bonds. The van der Waals surface area contributed by atoms with Gasteiger partial charge < -0.3 is 15.5 Å². The van der Waals surface area contributed by atoms with Crippen LogP contribution in [-0.2, 0) is 9.59 Å². The summed E-state index contributed by atoms with van der Waals surface area (Å²) < 4.78 is 0.930. The van der Waals surface area contributed by atoms with Crippen molar-refractivity contribution in [3.63, 3.8) is 0 Å². The highest BCUT2D eigenvalue weighted by atomic mass is 79.9. The molecule has 2 N–H and O–H groups in total. The van der Waals surface area contributed by atoms with Crippen molar-refractivity contribution in [2.45, 2.75) is 13.0 Å². The SMILES string of the molecule is CCN1CCN(C(CN)c2cccc(Br)c2)C(=O)C1=O. The Morgan fingerprint density at radius 3 is 2.65 bits per heavy atom. The standard InChI is InChI=1S/C14H18BrN3O2/c1-2-17-6-7-18(14(20)13(17)19)12(9-16)10-4-3-5-11(15)8-10/h3-5,8,12H,2,6-7,9,16H2,1H3. The van der Waals surface area contributed by atoms with E-state index in [1.54, 1.807) is 9.80 Å². The lowest BCUT2D eigenvalue weighted by Crippen LogP contribution is -2.55. The Hall–Kier alpha value is -1.40. The molecule has 0 spiro atoms. The van der Waals surface area contributed by atoms with Crippen LogP contribution in [0.3, 0.4) is 0 Å². The third kappa shape index (κ3) is 2.86. The predicted octanol–water partition coefficient (Wildman–Crippen LogP) is 1.14. The van der Waals surface area contributed by atoms with E-state index in [0.717, 1.165) is 10.0 Å². The second-order valence-corrected chi connectivity index (χ2v) is 5.61. The maximum atomic E-state index is 12.2. The first-order valence-corrected chi connectivity index (χ1v) is 7.43. The van der Waals surface area contributed by atoms with E-state index in [4.69, 9.17) is 5.73 Å². The zero-order valence-corrected chi connectivity index (χ0v) is 13.0. The number of rotatable bonds is 4. The van der Waals surface area contributed by atoms with E-state index in [-0.39, 0.29) is 6.04 Å². The molecule has 1 aliphatic rings. The zero-order chi connectivity index (χ0) is 14.7. The molecule has 0 aliphatic carbocycles. The lowest BCUT2D eigenvalue weighted by atomic mass is 10.0. The van der Waals surface area contributed by atoms with Crippen LogP contribution in [0.5, 0.6) is 0 Å². The maximum Gasteiger partial charge on any atom is 0.312 e. The smallest absolute Gasteiger partial charge is 0.312 e. The molecule has 1 saturated heterocycles. The number of benzene rings is 1. The Bertz CT molecular complexity index is 521. The third-order valence-corrected chi connectivity index (χ3v) is 4.05. The first kappa shape index (κ1) is 15.0. The van der Waals surface area contributed by atoms with Crippen molar-refractivity contribution >= 4 is 27.7 Å². The van der Waals surface area contributed by atoms with Gasteiger partial charge in [0, 0.05) is 30.7 Å². The van der Waals surface area contributed by atoms with Gasteiger partial charge in [-0.25, -0.2) is 0 Å². The largest absolute Gasteiger partial charge is 0.333 e. The summed E-state index contributed by atoms with van der Waals surface area (Å²) in [6.07, 6.45) is 0. The average Bonchev–Trinajstić information content (AvgIpc) is 2.44. The fraction of sp³-hybridized carbons (Fsp3) is 0.429. The summed E-state index contributed by atoms with van der Waals surface area (Å²) in [7, 11) is 0. The van der Waals surface area contributed by atoms with E-state index >= 15 is 0 Å². The Balaban J connectivity index is 2.24. The van der Waals surface area contributed by atoms with Gasteiger partial charge in [-0.15, -0.1) is 0 Å². The molecule has 2 rings (SSSR count). The highest BCUT2D eigenvalue weighted by Gasteiger charge is 2.35. The molecule has 0 saturated carbocycles.